The largest absolute Gasteiger partial charge is 0.315 e. The Morgan fingerprint density at radius 2 is 1.80 bits per heavy atom. The number of hydrogen-bond acceptors (Lipinski definition) is 2. The SMILES string of the molecule is CC1CCNCCN1.Cl.Cl. The van der Waals surface area contributed by atoms with Crippen molar-refractivity contribution in [3.63, 3.8) is 0 Å². The molecule has 1 fully saturated rings. The van der Waals surface area contributed by atoms with Crippen molar-refractivity contribution in [2.75, 3.05) is 19.6 Å². The van der Waals surface area contributed by atoms with Crippen molar-refractivity contribution in [3.8, 4) is 0 Å². The summed E-state index contributed by atoms with van der Waals surface area (Å²) in [5.41, 5.74) is 0. The van der Waals surface area contributed by atoms with Crippen LogP contribution >= 0.6 is 24.8 Å². The maximum absolute atomic E-state index is 3.38. The summed E-state index contributed by atoms with van der Waals surface area (Å²) in [4.78, 5) is 0. The fourth-order valence-corrected chi connectivity index (χ4v) is 0.953. The van der Waals surface area contributed by atoms with Crippen LogP contribution in [0.5, 0.6) is 0 Å². The van der Waals surface area contributed by atoms with Gasteiger partial charge in [0, 0.05) is 19.1 Å². The molecular formula is C6H16Cl2N2. The zero-order valence-corrected chi connectivity index (χ0v) is 7.86. The topological polar surface area (TPSA) is 24.1 Å². The first-order valence-electron chi connectivity index (χ1n) is 3.33. The highest BCUT2D eigenvalue weighted by molar-refractivity contribution is 5.85. The molecule has 1 heterocycles. The third-order valence-electron chi connectivity index (χ3n) is 1.55. The first-order valence-corrected chi connectivity index (χ1v) is 3.33. The zero-order chi connectivity index (χ0) is 5.82. The highest BCUT2D eigenvalue weighted by Crippen LogP contribution is 1.89. The van der Waals surface area contributed by atoms with Gasteiger partial charge in [0.25, 0.3) is 0 Å². The van der Waals surface area contributed by atoms with Gasteiger partial charge in [0.1, 0.15) is 0 Å². The maximum atomic E-state index is 3.38. The predicted molar refractivity (Wildman–Crippen MR) is 49.4 cm³/mol. The number of hydrogen-bond donors (Lipinski definition) is 2. The molecule has 2 N–H and O–H groups in total. The molecule has 1 unspecified atom stereocenters. The molecule has 1 saturated heterocycles. The van der Waals surface area contributed by atoms with Gasteiger partial charge in [-0.05, 0) is 19.9 Å². The molecule has 1 atom stereocenters. The van der Waals surface area contributed by atoms with Gasteiger partial charge in [-0.25, -0.2) is 0 Å². The molecule has 0 aromatic heterocycles. The molecule has 64 valence electrons. The predicted octanol–water partition coefficient (Wildman–Crippen LogP) is 0.801. The van der Waals surface area contributed by atoms with Crippen molar-refractivity contribution in [2.45, 2.75) is 19.4 Å². The summed E-state index contributed by atoms with van der Waals surface area (Å²) >= 11 is 0. The van der Waals surface area contributed by atoms with Crippen molar-refractivity contribution >= 4 is 24.8 Å². The lowest BCUT2D eigenvalue weighted by molar-refractivity contribution is 0.565. The molecule has 1 aliphatic rings. The van der Waals surface area contributed by atoms with Crippen LogP contribution in [0.2, 0.25) is 0 Å². The van der Waals surface area contributed by atoms with E-state index in [0.29, 0.717) is 6.04 Å². The second-order valence-corrected chi connectivity index (χ2v) is 2.39. The Hall–Kier alpha value is 0.500. The van der Waals surface area contributed by atoms with Gasteiger partial charge in [0.2, 0.25) is 0 Å². The van der Waals surface area contributed by atoms with Crippen LogP contribution in [0.3, 0.4) is 0 Å². The second kappa shape index (κ2) is 7.61. The lowest BCUT2D eigenvalue weighted by atomic mass is 10.2. The monoisotopic (exact) mass is 186 g/mol. The van der Waals surface area contributed by atoms with E-state index in [0.717, 1.165) is 13.1 Å². The number of nitrogens with one attached hydrogen (secondary N) is 2. The van der Waals surface area contributed by atoms with E-state index in [2.05, 4.69) is 17.6 Å². The summed E-state index contributed by atoms with van der Waals surface area (Å²) in [6.45, 7) is 5.66. The Morgan fingerprint density at radius 3 is 2.50 bits per heavy atom. The third kappa shape index (κ3) is 5.30. The van der Waals surface area contributed by atoms with Crippen LogP contribution in [0.4, 0.5) is 0 Å². The highest BCUT2D eigenvalue weighted by atomic mass is 35.5. The Kier molecular flexibility index (Phi) is 9.97. The molecule has 0 bridgehead atoms. The van der Waals surface area contributed by atoms with Crippen LogP contribution in [0, 0.1) is 0 Å². The number of halogens is 2. The van der Waals surface area contributed by atoms with Gasteiger partial charge in [-0.15, -0.1) is 24.8 Å². The molecule has 0 aliphatic carbocycles. The molecular weight excluding hydrogens is 171 g/mol. The quantitative estimate of drug-likeness (QED) is 0.586. The van der Waals surface area contributed by atoms with Crippen LogP contribution in [-0.2, 0) is 0 Å². The van der Waals surface area contributed by atoms with E-state index in [4.69, 9.17) is 0 Å². The average molecular weight is 187 g/mol. The lowest BCUT2D eigenvalue weighted by Gasteiger charge is -2.05. The van der Waals surface area contributed by atoms with Gasteiger partial charge in [0.05, 0.1) is 0 Å². The smallest absolute Gasteiger partial charge is 0.00792 e. The highest BCUT2D eigenvalue weighted by Gasteiger charge is 2.02. The minimum absolute atomic E-state index is 0. The first-order chi connectivity index (χ1) is 3.89. The van der Waals surface area contributed by atoms with Crippen molar-refractivity contribution in [1.29, 1.82) is 0 Å². The summed E-state index contributed by atoms with van der Waals surface area (Å²) in [5.74, 6) is 0. The zero-order valence-electron chi connectivity index (χ0n) is 6.22. The van der Waals surface area contributed by atoms with E-state index in [-0.39, 0.29) is 24.8 Å². The summed E-state index contributed by atoms with van der Waals surface area (Å²) in [6, 6.07) is 0.713. The summed E-state index contributed by atoms with van der Waals surface area (Å²) < 4.78 is 0. The Labute approximate surface area is 75.0 Å². The standard InChI is InChI=1S/C6H14N2.2ClH/c1-6-2-3-7-4-5-8-6;;/h6-8H,2-5H2,1H3;2*1H. The van der Waals surface area contributed by atoms with E-state index in [9.17, 15) is 0 Å². The van der Waals surface area contributed by atoms with Crippen LogP contribution in [0.1, 0.15) is 13.3 Å². The van der Waals surface area contributed by atoms with Gasteiger partial charge < -0.3 is 10.6 Å². The Morgan fingerprint density at radius 1 is 1.10 bits per heavy atom. The summed E-state index contributed by atoms with van der Waals surface area (Å²) in [5, 5.41) is 6.70. The van der Waals surface area contributed by atoms with Crippen LogP contribution < -0.4 is 10.6 Å². The minimum atomic E-state index is 0. The molecule has 4 heteroatoms. The van der Waals surface area contributed by atoms with E-state index in [1.165, 1.54) is 13.0 Å². The first kappa shape index (κ1) is 13.1. The third-order valence-corrected chi connectivity index (χ3v) is 1.55. The summed E-state index contributed by atoms with van der Waals surface area (Å²) in [6.07, 6.45) is 1.26. The molecule has 2 nitrogen and oxygen atoms in total. The normalized spacial score (nSPS) is 25.5. The van der Waals surface area contributed by atoms with Crippen molar-refractivity contribution in [3.05, 3.63) is 0 Å². The van der Waals surface area contributed by atoms with Crippen molar-refractivity contribution in [1.82, 2.24) is 10.6 Å². The molecule has 0 aromatic rings. The number of rotatable bonds is 0. The van der Waals surface area contributed by atoms with Gasteiger partial charge in [-0.1, -0.05) is 0 Å². The van der Waals surface area contributed by atoms with Gasteiger partial charge in [-0.2, -0.15) is 0 Å². The lowest BCUT2D eigenvalue weighted by Crippen LogP contribution is -2.26. The maximum Gasteiger partial charge on any atom is 0.00792 e. The van der Waals surface area contributed by atoms with E-state index < -0.39 is 0 Å². The van der Waals surface area contributed by atoms with Crippen molar-refractivity contribution < 1.29 is 0 Å². The molecule has 0 aromatic carbocycles. The van der Waals surface area contributed by atoms with Gasteiger partial charge in [0.15, 0.2) is 0 Å². The second-order valence-electron chi connectivity index (χ2n) is 2.39. The molecule has 0 saturated carbocycles. The fourth-order valence-electron chi connectivity index (χ4n) is 0.953. The molecule has 0 radical (unpaired) electrons. The molecule has 0 amide bonds. The molecule has 0 spiro atoms. The minimum Gasteiger partial charge on any atom is -0.315 e. The average Bonchev–Trinajstić information content (AvgIpc) is 1.94. The Bertz CT molecular complexity index is 62.8. The van der Waals surface area contributed by atoms with E-state index in [1.807, 2.05) is 0 Å². The molecule has 10 heavy (non-hydrogen) atoms. The fraction of sp³-hybridized carbons (Fsp3) is 1.00. The van der Waals surface area contributed by atoms with E-state index >= 15 is 0 Å². The Balaban J connectivity index is 0. The van der Waals surface area contributed by atoms with Crippen LogP contribution in [-0.4, -0.2) is 25.7 Å². The van der Waals surface area contributed by atoms with Crippen molar-refractivity contribution in [2.24, 2.45) is 0 Å². The van der Waals surface area contributed by atoms with Gasteiger partial charge >= 0.3 is 0 Å². The van der Waals surface area contributed by atoms with E-state index in [1.54, 1.807) is 0 Å². The molecule has 1 rings (SSSR count). The van der Waals surface area contributed by atoms with Crippen LogP contribution in [0.25, 0.3) is 0 Å². The summed E-state index contributed by atoms with van der Waals surface area (Å²) in [7, 11) is 0. The van der Waals surface area contributed by atoms with Crippen LogP contribution in [0.15, 0.2) is 0 Å². The van der Waals surface area contributed by atoms with Gasteiger partial charge in [-0.3, -0.25) is 0 Å². The molecule has 1 aliphatic heterocycles.